The van der Waals surface area contributed by atoms with E-state index >= 15 is 0 Å². The number of hydrogen-bond acceptors (Lipinski definition) is 6. The van der Waals surface area contributed by atoms with Crippen molar-refractivity contribution in [2.75, 3.05) is 12.9 Å². The van der Waals surface area contributed by atoms with Gasteiger partial charge in [-0.05, 0) is 47.3 Å². The number of rotatable bonds is 7. The molecule has 0 saturated carbocycles. The lowest BCUT2D eigenvalue weighted by Gasteiger charge is -2.14. The lowest BCUT2D eigenvalue weighted by atomic mass is 10.2. The SMILES string of the molecule is CCOc1cc(C=O)cc(Br)c1OCc1ccnc(SC)n1. The molecule has 0 unspecified atom stereocenters. The molecular weight excluding hydrogens is 368 g/mol. The molecule has 7 heteroatoms. The minimum absolute atomic E-state index is 0.287. The molecule has 5 nitrogen and oxygen atoms in total. The molecule has 2 aromatic rings. The van der Waals surface area contributed by atoms with Gasteiger partial charge in [0, 0.05) is 11.8 Å². The van der Waals surface area contributed by atoms with Crippen molar-refractivity contribution in [3.8, 4) is 11.5 Å². The van der Waals surface area contributed by atoms with Crippen molar-refractivity contribution in [1.29, 1.82) is 0 Å². The molecule has 0 radical (unpaired) electrons. The van der Waals surface area contributed by atoms with Gasteiger partial charge >= 0.3 is 0 Å². The first-order valence-corrected chi connectivity index (χ1v) is 8.60. The van der Waals surface area contributed by atoms with Gasteiger partial charge in [0.2, 0.25) is 0 Å². The molecule has 116 valence electrons. The monoisotopic (exact) mass is 382 g/mol. The van der Waals surface area contributed by atoms with E-state index in [1.807, 2.05) is 13.2 Å². The van der Waals surface area contributed by atoms with E-state index < -0.39 is 0 Å². The Morgan fingerprint density at radius 3 is 2.86 bits per heavy atom. The second kappa shape index (κ2) is 8.14. The lowest BCUT2D eigenvalue weighted by molar-refractivity contribution is 0.112. The van der Waals surface area contributed by atoms with Crippen LogP contribution in [0.3, 0.4) is 0 Å². The number of halogens is 1. The zero-order valence-electron chi connectivity index (χ0n) is 12.2. The van der Waals surface area contributed by atoms with Gasteiger partial charge in [-0.25, -0.2) is 9.97 Å². The summed E-state index contributed by atoms with van der Waals surface area (Å²) in [5.41, 5.74) is 1.29. The molecule has 0 bridgehead atoms. The highest BCUT2D eigenvalue weighted by Gasteiger charge is 2.13. The molecule has 0 atom stereocenters. The number of aldehydes is 1. The molecule has 1 heterocycles. The zero-order chi connectivity index (χ0) is 15.9. The smallest absolute Gasteiger partial charge is 0.187 e. The van der Waals surface area contributed by atoms with Gasteiger partial charge in [0.15, 0.2) is 16.7 Å². The van der Waals surface area contributed by atoms with Crippen LogP contribution in [0, 0.1) is 0 Å². The Labute approximate surface area is 141 Å². The molecule has 0 N–H and O–H groups in total. The number of thioether (sulfide) groups is 1. The predicted molar refractivity (Wildman–Crippen MR) is 88.8 cm³/mol. The second-order valence-corrected chi connectivity index (χ2v) is 5.83. The first kappa shape index (κ1) is 16.8. The average Bonchev–Trinajstić information content (AvgIpc) is 2.54. The van der Waals surface area contributed by atoms with Crippen LogP contribution in [0.15, 0.2) is 34.0 Å². The Bertz CT molecular complexity index is 667. The Kier molecular flexibility index (Phi) is 6.21. The van der Waals surface area contributed by atoms with Crippen LogP contribution >= 0.6 is 27.7 Å². The molecule has 1 aromatic carbocycles. The molecule has 0 aliphatic carbocycles. The Morgan fingerprint density at radius 1 is 1.36 bits per heavy atom. The third kappa shape index (κ3) is 4.20. The molecular formula is C15H15BrN2O3S. The molecule has 0 aliphatic rings. The van der Waals surface area contributed by atoms with E-state index in [0.717, 1.165) is 12.0 Å². The van der Waals surface area contributed by atoms with E-state index in [2.05, 4.69) is 25.9 Å². The number of ether oxygens (including phenoxy) is 2. The Balaban J connectivity index is 2.22. The Hall–Kier alpha value is -1.60. The fourth-order valence-corrected chi connectivity index (χ4v) is 2.71. The van der Waals surface area contributed by atoms with E-state index in [9.17, 15) is 4.79 Å². The van der Waals surface area contributed by atoms with Crippen LogP contribution in [-0.2, 0) is 6.61 Å². The standard InChI is InChI=1S/C15H15BrN2O3S/c1-3-20-13-7-10(8-19)6-12(16)14(13)21-9-11-4-5-17-15(18-11)22-2/h4-8H,3,9H2,1-2H3. The molecule has 22 heavy (non-hydrogen) atoms. The van der Waals surface area contributed by atoms with Crippen LogP contribution in [0.4, 0.5) is 0 Å². The van der Waals surface area contributed by atoms with Crippen molar-refractivity contribution < 1.29 is 14.3 Å². The largest absolute Gasteiger partial charge is 0.490 e. The molecule has 0 fully saturated rings. The van der Waals surface area contributed by atoms with Gasteiger partial charge < -0.3 is 9.47 Å². The molecule has 0 saturated heterocycles. The van der Waals surface area contributed by atoms with E-state index in [4.69, 9.17) is 9.47 Å². The maximum absolute atomic E-state index is 10.9. The van der Waals surface area contributed by atoms with Gasteiger partial charge in [-0.2, -0.15) is 0 Å². The van der Waals surface area contributed by atoms with Crippen LogP contribution in [0.25, 0.3) is 0 Å². The van der Waals surface area contributed by atoms with Crippen molar-refractivity contribution in [2.45, 2.75) is 18.7 Å². The fraction of sp³-hybridized carbons (Fsp3) is 0.267. The summed E-state index contributed by atoms with van der Waals surface area (Å²) in [6.07, 6.45) is 4.39. The number of benzene rings is 1. The van der Waals surface area contributed by atoms with Crippen LogP contribution in [0.5, 0.6) is 11.5 Å². The van der Waals surface area contributed by atoms with Gasteiger partial charge in [0.05, 0.1) is 16.8 Å². The third-order valence-electron chi connectivity index (χ3n) is 2.71. The molecule has 2 rings (SSSR count). The van der Waals surface area contributed by atoms with Gasteiger partial charge in [0.1, 0.15) is 12.9 Å². The Morgan fingerprint density at radius 2 is 2.18 bits per heavy atom. The summed E-state index contributed by atoms with van der Waals surface area (Å²) >= 11 is 4.88. The van der Waals surface area contributed by atoms with Crippen molar-refractivity contribution in [1.82, 2.24) is 9.97 Å². The van der Waals surface area contributed by atoms with Crippen LogP contribution < -0.4 is 9.47 Å². The quantitative estimate of drug-likeness (QED) is 0.412. The van der Waals surface area contributed by atoms with Crippen molar-refractivity contribution in [3.63, 3.8) is 0 Å². The summed E-state index contributed by atoms with van der Waals surface area (Å²) in [5.74, 6) is 1.08. The van der Waals surface area contributed by atoms with E-state index in [1.54, 1.807) is 24.4 Å². The normalized spacial score (nSPS) is 10.3. The van der Waals surface area contributed by atoms with Gasteiger partial charge in [-0.1, -0.05) is 11.8 Å². The predicted octanol–water partition coefficient (Wildman–Crippen LogP) is 3.75. The number of carbonyl (C=O) groups is 1. The summed E-state index contributed by atoms with van der Waals surface area (Å²) < 4.78 is 12.0. The third-order valence-corrected chi connectivity index (χ3v) is 3.86. The highest BCUT2D eigenvalue weighted by atomic mass is 79.9. The number of aromatic nitrogens is 2. The molecule has 0 spiro atoms. The zero-order valence-corrected chi connectivity index (χ0v) is 14.6. The van der Waals surface area contributed by atoms with Crippen molar-refractivity contribution >= 4 is 34.0 Å². The van der Waals surface area contributed by atoms with Crippen LogP contribution in [0.1, 0.15) is 23.0 Å². The van der Waals surface area contributed by atoms with Crippen LogP contribution in [-0.4, -0.2) is 29.1 Å². The second-order valence-electron chi connectivity index (χ2n) is 4.20. The first-order valence-electron chi connectivity index (χ1n) is 6.58. The maximum Gasteiger partial charge on any atom is 0.187 e. The molecule has 0 amide bonds. The molecule has 0 aliphatic heterocycles. The summed E-state index contributed by atoms with van der Waals surface area (Å²) in [5, 5.41) is 0.696. The summed E-state index contributed by atoms with van der Waals surface area (Å²) in [4.78, 5) is 19.4. The van der Waals surface area contributed by atoms with Gasteiger partial charge in [-0.3, -0.25) is 4.79 Å². The summed E-state index contributed by atoms with van der Waals surface area (Å²) in [7, 11) is 0. The number of hydrogen-bond donors (Lipinski definition) is 0. The molecule has 1 aromatic heterocycles. The average molecular weight is 383 g/mol. The minimum atomic E-state index is 0.287. The van der Waals surface area contributed by atoms with Crippen molar-refractivity contribution in [3.05, 3.63) is 40.1 Å². The topological polar surface area (TPSA) is 61.3 Å². The summed E-state index contributed by atoms with van der Waals surface area (Å²) in [6, 6.07) is 5.15. The minimum Gasteiger partial charge on any atom is -0.490 e. The maximum atomic E-state index is 10.9. The van der Waals surface area contributed by atoms with Gasteiger partial charge in [0.25, 0.3) is 0 Å². The van der Waals surface area contributed by atoms with Crippen molar-refractivity contribution in [2.24, 2.45) is 0 Å². The fourth-order valence-electron chi connectivity index (χ4n) is 1.76. The number of nitrogens with zero attached hydrogens (tertiary/aromatic N) is 2. The van der Waals surface area contributed by atoms with E-state index in [0.29, 0.717) is 33.3 Å². The van der Waals surface area contributed by atoms with Gasteiger partial charge in [-0.15, -0.1) is 0 Å². The number of carbonyl (C=O) groups excluding carboxylic acids is 1. The van der Waals surface area contributed by atoms with Crippen LogP contribution in [0.2, 0.25) is 0 Å². The van der Waals surface area contributed by atoms with E-state index in [-0.39, 0.29) is 6.61 Å². The lowest BCUT2D eigenvalue weighted by Crippen LogP contribution is -2.03. The summed E-state index contributed by atoms with van der Waals surface area (Å²) in [6.45, 7) is 2.64. The first-order chi connectivity index (χ1) is 10.7. The highest BCUT2D eigenvalue weighted by molar-refractivity contribution is 9.10. The van der Waals surface area contributed by atoms with E-state index in [1.165, 1.54) is 11.8 Å². The highest BCUT2D eigenvalue weighted by Crippen LogP contribution is 2.37.